The Balaban J connectivity index is 2.95. The van der Waals surface area contributed by atoms with E-state index in [1.165, 1.54) is 0 Å². The minimum atomic E-state index is -0.343. The molecule has 0 aliphatic rings. The van der Waals surface area contributed by atoms with Crippen LogP contribution in [0.2, 0.25) is 0 Å². The van der Waals surface area contributed by atoms with Gasteiger partial charge in [-0.2, -0.15) is 0 Å². The Morgan fingerprint density at radius 1 is 1.21 bits per heavy atom. The minimum Gasteiger partial charge on any atom is -0.369 e. The summed E-state index contributed by atoms with van der Waals surface area (Å²) in [5.74, 6) is 0.484. The van der Waals surface area contributed by atoms with Crippen LogP contribution >= 0.6 is 23.2 Å². The van der Waals surface area contributed by atoms with Crippen LogP contribution < -0.4 is 5.73 Å². The fourth-order valence-electron chi connectivity index (χ4n) is 1.25. The summed E-state index contributed by atoms with van der Waals surface area (Å²) in [4.78, 5) is 10.7. The topological polar surface area (TPSA) is 43.1 Å². The third-order valence-electron chi connectivity index (χ3n) is 1.94. The molecule has 76 valence electrons. The van der Waals surface area contributed by atoms with Crippen molar-refractivity contribution in [1.29, 1.82) is 0 Å². The van der Waals surface area contributed by atoms with Crippen molar-refractivity contribution in [3.8, 4) is 0 Å². The van der Waals surface area contributed by atoms with Crippen molar-refractivity contribution in [2.75, 3.05) is 0 Å². The van der Waals surface area contributed by atoms with Crippen molar-refractivity contribution in [2.24, 2.45) is 5.73 Å². The molecule has 0 unspecified atom stereocenters. The van der Waals surface area contributed by atoms with Crippen molar-refractivity contribution in [3.63, 3.8) is 0 Å². The molecule has 0 aliphatic heterocycles. The molecule has 0 heterocycles. The Morgan fingerprint density at radius 3 is 2.36 bits per heavy atom. The van der Waals surface area contributed by atoms with E-state index in [-0.39, 0.29) is 12.3 Å². The SMILES string of the molecule is NC(=O)Cc1ccc(CCl)c(CCl)c1. The Morgan fingerprint density at radius 2 is 1.86 bits per heavy atom. The quantitative estimate of drug-likeness (QED) is 0.794. The van der Waals surface area contributed by atoms with Gasteiger partial charge in [0.05, 0.1) is 6.42 Å². The summed E-state index contributed by atoms with van der Waals surface area (Å²) in [7, 11) is 0. The molecule has 0 bridgehead atoms. The minimum absolute atomic E-state index is 0.243. The number of carbonyl (C=O) groups is 1. The second-order valence-electron chi connectivity index (χ2n) is 3.01. The van der Waals surface area contributed by atoms with E-state index in [9.17, 15) is 4.79 Å². The van der Waals surface area contributed by atoms with Gasteiger partial charge in [0.2, 0.25) is 5.91 Å². The second kappa shape index (κ2) is 5.23. The van der Waals surface area contributed by atoms with E-state index < -0.39 is 0 Å². The number of benzene rings is 1. The molecule has 2 N–H and O–H groups in total. The largest absolute Gasteiger partial charge is 0.369 e. The molecule has 0 aromatic heterocycles. The van der Waals surface area contributed by atoms with Crippen LogP contribution in [0.15, 0.2) is 18.2 Å². The maximum atomic E-state index is 10.7. The molecule has 0 saturated carbocycles. The van der Waals surface area contributed by atoms with Gasteiger partial charge in [0.1, 0.15) is 0 Å². The van der Waals surface area contributed by atoms with Crippen LogP contribution in [0.4, 0.5) is 0 Å². The number of primary amides is 1. The van der Waals surface area contributed by atoms with Gasteiger partial charge in [-0.15, -0.1) is 23.2 Å². The zero-order chi connectivity index (χ0) is 10.6. The molecular formula is C10H11Cl2NO. The Labute approximate surface area is 93.0 Å². The number of hydrogen-bond acceptors (Lipinski definition) is 1. The monoisotopic (exact) mass is 231 g/mol. The van der Waals surface area contributed by atoms with E-state index in [0.717, 1.165) is 16.7 Å². The number of carbonyl (C=O) groups excluding carboxylic acids is 1. The molecule has 1 amide bonds. The van der Waals surface area contributed by atoms with Gasteiger partial charge in [0, 0.05) is 11.8 Å². The Bertz CT molecular complexity index is 339. The van der Waals surface area contributed by atoms with Crippen LogP contribution in [0.25, 0.3) is 0 Å². The highest BCUT2D eigenvalue weighted by molar-refractivity contribution is 6.18. The molecule has 0 aliphatic carbocycles. The lowest BCUT2D eigenvalue weighted by atomic mass is 10.0. The van der Waals surface area contributed by atoms with Crippen molar-refractivity contribution in [1.82, 2.24) is 0 Å². The number of amides is 1. The van der Waals surface area contributed by atoms with Crippen molar-refractivity contribution >= 4 is 29.1 Å². The van der Waals surface area contributed by atoms with Crippen LogP contribution in [-0.2, 0) is 23.0 Å². The zero-order valence-electron chi connectivity index (χ0n) is 7.59. The molecule has 0 atom stereocenters. The summed E-state index contributed by atoms with van der Waals surface area (Å²) in [5, 5.41) is 0. The smallest absolute Gasteiger partial charge is 0.221 e. The van der Waals surface area contributed by atoms with Crippen LogP contribution in [0.3, 0.4) is 0 Å². The molecule has 0 spiro atoms. The summed E-state index contributed by atoms with van der Waals surface area (Å²) >= 11 is 11.5. The highest BCUT2D eigenvalue weighted by Gasteiger charge is 2.04. The summed E-state index contributed by atoms with van der Waals surface area (Å²) in [5.41, 5.74) is 7.92. The van der Waals surface area contributed by atoms with E-state index in [1.807, 2.05) is 18.2 Å². The number of alkyl halides is 2. The van der Waals surface area contributed by atoms with E-state index in [2.05, 4.69) is 0 Å². The third kappa shape index (κ3) is 2.89. The van der Waals surface area contributed by atoms with Crippen LogP contribution in [0, 0.1) is 0 Å². The van der Waals surface area contributed by atoms with Gasteiger partial charge in [0.25, 0.3) is 0 Å². The van der Waals surface area contributed by atoms with Gasteiger partial charge in [0.15, 0.2) is 0 Å². The summed E-state index contributed by atoms with van der Waals surface area (Å²) in [6.45, 7) is 0. The molecule has 1 aromatic rings. The van der Waals surface area contributed by atoms with Crippen molar-refractivity contribution < 1.29 is 4.79 Å². The van der Waals surface area contributed by atoms with E-state index in [4.69, 9.17) is 28.9 Å². The molecule has 14 heavy (non-hydrogen) atoms. The number of nitrogens with two attached hydrogens (primary N) is 1. The Hall–Kier alpha value is -0.730. The first-order chi connectivity index (χ1) is 6.67. The molecule has 1 rings (SSSR count). The lowest BCUT2D eigenvalue weighted by Crippen LogP contribution is -2.13. The van der Waals surface area contributed by atoms with Crippen molar-refractivity contribution in [2.45, 2.75) is 18.2 Å². The maximum Gasteiger partial charge on any atom is 0.221 e. The van der Waals surface area contributed by atoms with E-state index in [1.54, 1.807) is 0 Å². The number of halogens is 2. The normalized spacial score (nSPS) is 10.1. The van der Waals surface area contributed by atoms with E-state index >= 15 is 0 Å². The van der Waals surface area contributed by atoms with Crippen LogP contribution in [-0.4, -0.2) is 5.91 Å². The summed E-state index contributed by atoms with van der Waals surface area (Å²) in [6, 6.07) is 5.59. The lowest BCUT2D eigenvalue weighted by Gasteiger charge is -2.06. The number of hydrogen-bond donors (Lipinski definition) is 1. The van der Waals surface area contributed by atoms with Crippen molar-refractivity contribution in [3.05, 3.63) is 34.9 Å². The average Bonchev–Trinajstić information content (AvgIpc) is 2.16. The van der Waals surface area contributed by atoms with Gasteiger partial charge < -0.3 is 5.73 Å². The highest BCUT2D eigenvalue weighted by Crippen LogP contribution is 2.16. The third-order valence-corrected chi connectivity index (χ3v) is 2.51. The molecule has 2 nitrogen and oxygen atoms in total. The first kappa shape index (κ1) is 11.3. The van der Waals surface area contributed by atoms with Crippen LogP contribution in [0.1, 0.15) is 16.7 Å². The predicted molar refractivity (Wildman–Crippen MR) is 58.5 cm³/mol. The summed E-state index contributed by atoms with van der Waals surface area (Å²) in [6.07, 6.45) is 0.243. The predicted octanol–water partition coefficient (Wildman–Crippen LogP) is 2.19. The van der Waals surface area contributed by atoms with Gasteiger partial charge in [-0.3, -0.25) is 4.79 Å². The fraction of sp³-hybridized carbons (Fsp3) is 0.300. The Kier molecular flexibility index (Phi) is 4.23. The highest BCUT2D eigenvalue weighted by atomic mass is 35.5. The first-order valence-electron chi connectivity index (χ1n) is 4.18. The molecule has 0 radical (unpaired) electrons. The molecule has 0 fully saturated rings. The second-order valence-corrected chi connectivity index (χ2v) is 3.55. The first-order valence-corrected chi connectivity index (χ1v) is 5.25. The molecular weight excluding hydrogens is 221 g/mol. The maximum absolute atomic E-state index is 10.7. The average molecular weight is 232 g/mol. The number of rotatable bonds is 4. The van der Waals surface area contributed by atoms with E-state index in [0.29, 0.717) is 11.8 Å². The zero-order valence-corrected chi connectivity index (χ0v) is 9.11. The lowest BCUT2D eigenvalue weighted by molar-refractivity contribution is -0.117. The van der Waals surface area contributed by atoms with Crippen LogP contribution in [0.5, 0.6) is 0 Å². The van der Waals surface area contributed by atoms with Gasteiger partial charge in [-0.05, 0) is 16.7 Å². The summed E-state index contributed by atoms with van der Waals surface area (Å²) < 4.78 is 0. The fourth-order valence-corrected chi connectivity index (χ4v) is 1.75. The van der Waals surface area contributed by atoms with Gasteiger partial charge in [-0.1, -0.05) is 18.2 Å². The van der Waals surface area contributed by atoms with Gasteiger partial charge >= 0.3 is 0 Å². The molecule has 0 saturated heterocycles. The molecule has 4 heteroatoms. The standard InChI is InChI=1S/C10H11Cl2NO/c11-5-8-2-1-7(4-10(13)14)3-9(8)6-12/h1-3H,4-6H2,(H2,13,14). The van der Waals surface area contributed by atoms with Gasteiger partial charge in [-0.25, -0.2) is 0 Å². The molecule has 1 aromatic carbocycles.